The van der Waals surface area contributed by atoms with Crippen LogP contribution in [0.2, 0.25) is 0 Å². The van der Waals surface area contributed by atoms with Gasteiger partial charge in [-0.3, -0.25) is 4.79 Å². The smallest absolute Gasteiger partial charge is 0.250 e. The van der Waals surface area contributed by atoms with E-state index in [9.17, 15) is 4.79 Å². The van der Waals surface area contributed by atoms with Crippen LogP contribution in [0, 0.1) is 0 Å². The van der Waals surface area contributed by atoms with E-state index in [4.69, 9.17) is 10.5 Å². The first-order valence-corrected chi connectivity index (χ1v) is 6.85. The second kappa shape index (κ2) is 6.91. The molecule has 1 heterocycles. The van der Waals surface area contributed by atoms with E-state index in [1.807, 2.05) is 37.3 Å². The lowest BCUT2D eigenvalue weighted by molar-refractivity contribution is 0.291. The molecule has 0 amide bonds. The van der Waals surface area contributed by atoms with Gasteiger partial charge in [0, 0.05) is 23.9 Å². The largest absolute Gasteiger partial charge is 0.491 e. The summed E-state index contributed by atoms with van der Waals surface area (Å²) in [7, 11) is 0. The van der Waals surface area contributed by atoms with Gasteiger partial charge in [0.2, 0.25) is 0 Å². The van der Waals surface area contributed by atoms with E-state index in [0.29, 0.717) is 13.2 Å². The average molecular weight is 272 g/mol. The molecule has 0 bridgehead atoms. The van der Waals surface area contributed by atoms with Gasteiger partial charge in [0.1, 0.15) is 12.4 Å². The molecule has 0 aliphatic heterocycles. The summed E-state index contributed by atoms with van der Waals surface area (Å²) in [6.45, 7) is 3.01. The lowest BCUT2D eigenvalue weighted by Crippen LogP contribution is -2.21. The van der Waals surface area contributed by atoms with E-state index < -0.39 is 0 Å². The molecule has 0 saturated heterocycles. The first kappa shape index (κ1) is 14.3. The summed E-state index contributed by atoms with van der Waals surface area (Å²) in [6.07, 6.45) is 2.62. The summed E-state index contributed by atoms with van der Waals surface area (Å²) in [5.41, 5.74) is 7.06. The van der Waals surface area contributed by atoms with Crippen molar-refractivity contribution in [1.82, 2.24) is 4.57 Å². The number of pyridine rings is 1. The summed E-state index contributed by atoms with van der Waals surface area (Å²) >= 11 is 0. The van der Waals surface area contributed by atoms with Gasteiger partial charge in [-0.2, -0.15) is 0 Å². The molecule has 4 nitrogen and oxygen atoms in total. The number of hydrogen-bond acceptors (Lipinski definition) is 3. The van der Waals surface area contributed by atoms with Crippen LogP contribution in [0.25, 0.3) is 0 Å². The van der Waals surface area contributed by atoms with Gasteiger partial charge in [-0.25, -0.2) is 0 Å². The SMILES string of the molecule is CC[C@H](N)c1ccccc1OCCn1ccccc1=O. The van der Waals surface area contributed by atoms with Gasteiger partial charge < -0.3 is 15.0 Å². The van der Waals surface area contributed by atoms with Gasteiger partial charge in [0.15, 0.2) is 0 Å². The van der Waals surface area contributed by atoms with E-state index in [1.165, 1.54) is 0 Å². The highest BCUT2D eigenvalue weighted by Gasteiger charge is 2.09. The number of nitrogens with two attached hydrogens (primary N) is 1. The Morgan fingerprint density at radius 3 is 2.70 bits per heavy atom. The van der Waals surface area contributed by atoms with Crippen LogP contribution < -0.4 is 16.0 Å². The molecule has 0 saturated carbocycles. The molecule has 1 aromatic heterocycles. The molecule has 1 atom stereocenters. The number of para-hydroxylation sites is 1. The zero-order valence-electron chi connectivity index (χ0n) is 11.7. The Morgan fingerprint density at radius 2 is 1.95 bits per heavy atom. The minimum Gasteiger partial charge on any atom is -0.491 e. The predicted molar refractivity (Wildman–Crippen MR) is 79.9 cm³/mol. The van der Waals surface area contributed by atoms with Crippen molar-refractivity contribution in [2.45, 2.75) is 25.9 Å². The zero-order chi connectivity index (χ0) is 14.4. The van der Waals surface area contributed by atoms with Crippen molar-refractivity contribution in [2.75, 3.05) is 6.61 Å². The maximum absolute atomic E-state index is 11.6. The fraction of sp³-hybridized carbons (Fsp3) is 0.312. The Balaban J connectivity index is 2.01. The number of nitrogens with zero attached hydrogens (tertiary/aromatic N) is 1. The molecule has 1 aromatic carbocycles. The summed E-state index contributed by atoms with van der Waals surface area (Å²) in [5.74, 6) is 0.797. The highest BCUT2D eigenvalue weighted by molar-refractivity contribution is 5.35. The first-order chi connectivity index (χ1) is 9.72. The fourth-order valence-electron chi connectivity index (χ4n) is 2.04. The molecule has 2 N–H and O–H groups in total. The second-order valence-electron chi connectivity index (χ2n) is 4.63. The topological polar surface area (TPSA) is 57.2 Å². The van der Waals surface area contributed by atoms with Gasteiger partial charge in [0.25, 0.3) is 5.56 Å². The number of aromatic nitrogens is 1. The highest BCUT2D eigenvalue weighted by atomic mass is 16.5. The average Bonchev–Trinajstić information content (AvgIpc) is 2.49. The Hall–Kier alpha value is -2.07. The number of benzene rings is 1. The van der Waals surface area contributed by atoms with Gasteiger partial charge in [-0.1, -0.05) is 31.2 Å². The van der Waals surface area contributed by atoms with Gasteiger partial charge in [-0.05, 0) is 18.6 Å². The first-order valence-electron chi connectivity index (χ1n) is 6.85. The fourth-order valence-corrected chi connectivity index (χ4v) is 2.04. The van der Waals surface area contributed by atoms with Crippen molar-refractivity contribution in [3.63, 3.8) is 0 Å². The van der Waals surface area contributed by atoms with Crippen molar-refractivity contribution in [1.29, 1.82) is 0 Å². The van der Waals surface area contributed by atoms with Crippen molar-refractivity contribution < 1.29 is 4.74 Å². The molecule has 0 aliphatic rings. The molecule has 0 fully saturated rings. The minimum absolute atomic E-state index is 0.0188. The Bertz CT molecular complexity index is 607. The van der Waals surface area contributed by atoms with Crippen LogP contribution in [-0.2, 0) is 6.54 Å². The summed E-state index contributed by atoms with van der Waals surface area (Å²) in [4.78, 5) is 11.6. The van der Waals surface area contributed by atoms with Gasteiger partial charge in [0.05, 0.1) is 6.54 Å². The standard InChI is InChI=1S/C16H20N2O2/c1-2-14(17)13-7-3-4-8-15(13)20-12-11-18-10-6-5-9-16(18)19/h3-10,14H,2,11-12,17H2,1H3/t14-/m0/s1. The van der Waals surface area contributed by atoms with Crippen LogP contribution in [0.4, 0.5) is 0 Å². The van der Waals surface area contributed by atoms with Crippen molar-refractivity contribution >= 4 is 0 Å². The number of rotatable bonds is 6. The summed E-state index contributed by atoms with van der Waals surface area (Å²) in [5, 5.41) is 0. The number of ether oxygens (including phenoxy) is 1. The lowest BCUT2D eigenvalue weighted by atomic mass is 10.0. The third kappa shape index (κ3) is 3.48. The van der Waals surface area contributed by atoms with Crippen molar-refractivity contribution in [2.24, 2.45) is 5.73 Å². The molecule has 0 unspecified atom stereocenters. The molecule has 0 spiro atoms. The van der Waals surface area contributed by atoms with Crippen molar-refractivity contribution in [3.8, 4) is 5.75 Å². The number of hydrogen-bond donors (Lipinski definition) is 1. The molecule has 106 valence electrons. The van der Waals surface area contributed by atoms with E-state index in [0.717, 1.165) is 17.7 Å². The molecule has 20 heavy (non-hydrogen) atoms. The Morgan fingerprint density at radius 1 is 1.20 bits per heavy atom. The third-order valence-electron chi connectivity index (χ3n) is 3.25. The monoisotopic (exact) mass is 272 g/mol. The minimum atomic E-state index is -0.0225. The highest BCUT2D eigenvalue weighted by Crippen LogP contribution is 2.25. The van der Waals surface area contributed by atoms with Crippen LogP contribution in [0.1, 0.15) is 24.9 Å². The maximum atomic E-state index is 11.6. The van der Waals surface area contributed by atoms with E-state index in [-0.39, 0.29) is 11.6 Å². The molecular formula is C16H20N2O2. The Labute approximate surface area is 118 Å². The quantitative estimate of drug-likeness (QED) is 0.878. The predicted octanol–water partition coefficient (Wildman–Crippen LogP) is 2.34. The van der Waals surface area contributed by atoms with Gasteiger partial charge >= 0.3 is 0 Å². The molecule has 4 heteroatoms. The van der Waals surface area contributed by atoms with E-state index >= 15 is 0 Å². The van der Waals surface area contributed by atoms with Crippen LogP contribution in [-0.4, -0.2) is 11.2 Å². The second-order valence-corrected chi connectivity index (χ2v) is 4.63. The van der Waals surface area contributed by atoms with Crippen LogP contribution in [0.5, 0.6) is 5.75 Å². The lowest BCUT2D eigenvalue weighted by Gasteiger charge is -2.16. The zero-order valence-corrected chi connectivity index (χ0v) is 11.7. The van der Waals surface area contributed by atoms with Gasteiger partial charge in [-0.15, -0.1) is 0 Å². The molecule has 2 aromatic rings. The van der Waals surface area contributed by atoms with Crippen molar-refractivity contribution in [3.05, 3.63) is 64.6 Å². The van der Waals surface area contributed by atoms with Crippen LogP contribution in [0.15, 0.2) is 53.5 Å². The van der Waals surface area contributed by atoms with Crippen LogP contribution in [0.3, 0.4) is 0 Å². The Kier molecular flexibility index (Phi) is 4.96. The van der Waals surface area contributed by atoms with E-state index in [2.05, 4.69) is 0 Å². The van der Waals surface area contributed by atoms with Crippen LogP contribution >= 0.6 is 0 Å². The maximum Gasteiger partial charge on any atom is 0.250 e. The third-order valence-corrected chi connectivity index (χ3v) is 3.25. The molecular weight excluding hydrogens is 252 g/mol. The molecule has 0 aliphatic carbocycles. The van der Waals surface area contributed by atoms with E-state index in [1.54, 1.807) is 22.9 Å². The summed E-state index contributed by atoms with van der Waals surface area (Å²) < 4.78 is 7.41. The normalized spacial score (nSPS) is 12.1. The molecule has 0 radical (unpaired) electrons. The summed E-state index contributed by atoms with van der Waals surface area (Å²) in [6, 6.07) is 12.9. The molecule has 2 rings (SSSR count).